The Labute approximate surface area is 449 Å². The number of fused-ring (bicyclic) bond motifs is 4. The smallest absolute Gasteiger partial charge is 0.328 e. The second kappa shape index (κ2) is 31.2. The fourth-order valence-corrected chi connectivity index (χ4v) is 9.36. The third kappa shape index (κ3) is 21.0. The molecule has 0 spiro atoms. The largest absolute Gasteiger partial charge is 0.480 e. The first kappa shape index (κ1) is 61.6. The van der Waals surface area contributed by atoms with Gasteiger partial charge in [-0.1, -0.05) is 60.7 Å². The Hall–Kier alpha value is -8.90. The Kier molecular flexibility index (Phi) is 24.7. The SMILES string of the molecule is COc1nc(C)ncc1C(=O)NC1CC2CCC(C1)N2Cc1ccccc1.COc1nc(C)ncc1C(=O)NC1CC2CCC(C1)N2Cc1ccccc1.O=C(O)/C=C/C(=O)O.O=C(O)/C=C/C(=O)O.O=C(O)/C=C/C(=O)O. The molecule has 6 heterocycles. The summed E-state index contributed by atoms with van der Waals surface area (Å²) in [6.45, 7) is 5.56. The predicted molar refractivity (Wildman–Crippen MR) is 278 cm³/mol. The number of piperidine rings is 2. The van der Waals surface area contributed by atoms with Crippen LogP contribution < -0.4 is 20.1 Å². The number of carbonyl (C=O) groups excluding carboxylic acids is 2. The van der Waals surface area contributed by atoms with Gasteiger partial charge in [-0.15, -0.1) is 0 Å². The van der Waals surface area contributed by atoms with Crippen LogP contribution in [0.15, 0.2) is 110 Å². The highest BCUT2D eigenvalue weighted by atomic mass is 16.5. The number of hydrogen-bond acceptors (Lipinski definition) is 16. The minimum absolute atomic E-state index is 0.146. The number of amides is 2. The lowest BCUT2D eigenvalue weighted by atomic mass is 9.96. The maximum absolute atomic E-state index is 12.7. The zero-order chi connectivity index (χ0) is 57.3. The average molecular weight is 1080 g/mol. The molecule has 4 atom stereocenters. The first-order valence-electron chi connectivity index (χ1n) is 24.5. The molecule has 4 bridgehead atoms. The number of benzene rings is 2. The van der Waals surface area contributed by atoms with Gasteiger partial charge in [0.2, 0.25) is 11.8 Å². The highest BCUT2D eigenvalue weighted by Crippen LogP contribution is 2.38. The molecule has 78 heavy (non-hydrogen) atoms. The van der Waals surface area contributed by atoms with Gasteiger partial charge in [0.15, 0.2) is 0 Å². The quantitative estimate of drug-likeness (QED) is 0.0712. The van der Waals surface area contributed by atoms with Crippen molar-refractivity contribution < 1.29 is 78.5 Å². The molecule has 4 unspecified atom stereocenters. The lowest BCUT2D eigenvalue weighted by molar-refractivity contribution is -0.134. The van der Waals surface area contributed by atoms with Gasteiger partial charge < -0.3 is 50.7 Å². The maximum Gasteiger partial charge on any atom is 0.328 e. The van der Waals surface area contributed by atoms with E-state index >= 15 is 0 Å². The zero-order valence-corrected chi connectivity index (χ0v) is 43.4. The molecular weight excluding hydrogens is 1020 g/mol. The van der Waals surface area contributed by atoms with Gasteiger partial charge in [-0.3, -0.25) is 19.4 Å². The number of nitrogens with one attached hydrogen (secondary N) is 2. The first-order chi connectivity index (χ1) is 37.1. The van der Waals surface area contributed by atoms with Gasteiger partial charge in [-0.25, -0.2) is 38.7 Å². The minimum Gasteiger partial charge on any atom is -0.480 e. The second-order valence-corrected chi connectivity index (χ2v) is 18.1. The summed E-state index contributed by atoms with van der Waals surface area (Å²) < 4.78 is 10.5. The normalized spacial score (nSPS) is 19.9. The monoisotopic (exact) mass is 1080 g/mol. The van der Waals surface area contributed by atoms with Crippen molar-refractivity contribution in [2.45, 2.75) is 115 Å². The van der Waals surface area contributed by atoms with Crippen LogP contribution in [-0.2, 0) is 41.9 Å². The van der Waals surface area contributed by atoms with Crippen LogP contribution in [-0.4, -0.2) is 158 Å². The highest BCUT2D eigenvalue weighted by Gasteiger charge is 2.42. The average Bonchev–Trinajstić information content (AvgIpc) is 3.80. The molecule has 4 aromatic rings. The summed E-state index contributed by atoms with van der Waals surface area (Å²) in [5, 5.41) is 53.3. The standard InChI is InChI=1S/2C21H26N4O2.3C4H4O4/c2*1-14-22-12-19(21(23-14)27-2)20(26)24-16-10-17-8-9-18(11-16)25(17)13-15-6-4-3-5-7-15;3*5-3(6)1-2-4(7)8/h2*3-7,12,16-18H,8-11,13H2,1-2H3,(H,24,26);3*1-2H,(H,5,6)(H,7,8)/b;;3*2-1+. The molecule has 0 aliphatic carbocycles. The number of ether oxygens (including phenoxy) is 2. The number of aromatic nitrogens is 4. The number of carboxylic acid groups (broad SMARTS) is 6. The number of nitrogens with zero attached hydrogens (tertiary/aromatic N) is 6. The van der Waals surface area contributed by atoms with E-state index in [0.29, 0.717) is 95.2 Å². The summed E-state index contributed by atoms with van der Waals surface area (Å²) in [5.41, 5.74) is 3.53. The van der Waals surface area contributed by atoms with Gasteiger partial charge in [0.25, 0.3) is 11.8 Å². The molecule has 4 saturated heterocycles. The van der Waals surface area contributed by atoms with Crippen molar-refractivity contribution in [1.29, 1.82) is 0 Å². The Morgan fingerprint density at radius 2 is 0.756 bits per heavy atom. The molecule has 2 aromatic carbocycles. The summed E-state index contributed by atoms with van der Waals surface area (Å²) >= 11 is 0. The van der Waals surface area contributed by atoms with E-state index in [9.17, 15) is 38.4 Å². The van der Waals surface area contributed by atoms with Crippen LogP contribution in [0, 0.1) is 13.8 Å². The Morgan fingerprint density at radius 3 is 1.00 bits per heavy atom. The summed E-state index contributed by atoms with van der Waals surface area (Å²) in [4.78, 5) is 105. The molecule has 24 heteroatoms. The molecule has 8 N–H and O–H groups in total. The van der Waals surface area contributed by atoms with Crippen molar-refractivity contribution in [1.82, 2.24) is 40.4 Å². The number of carboxylic acids is 6. The fourth-order valence-electron chi connectivity index (χ4n) is 9.36. The molecule has 4 aliphatic heterocycles. The lowest BCUT2D eigenvalue weighted by Crippen LogP contribution is -2.50. The molecular formula is C54H64N8O16. The lowest BCUT2D eigenvalue weighted by Gasteiger charge is -2.39. The van der Waals surface area contributed by atoms with Crippen molar-refractivity contribution in [2.24, 2.45) is 0 Å². The van der Waals surface area contributed by atoms with Crippen LogP contribution in [0.2, 0.25) is 0 Å². The molecule has 4 fully saturated rings. The van der Waals surface area contributed by atoms with Crippen LogP contribution in [0.25, 0.3) is 0 Å². The van der Waals surface area contributed by atoms with Crippen LogP contribution in [0.3, 0.4) is 0 Å². The van der Waals surface area contributed by atoms with Crippen molar-refractivity contribution in [3.8, 4) is 11.8 Å². The van der Waals surface area contributed by atoms with E-state index in [1.165, 1.54) is 51.0 Å². The third-order valence-corrected chi connectivity index (χ3v) is 12.6. The van der Waals surface area contributed by atoms with Gasteiger partial charge in [-0.2, -0.15) is 9.97 Å². The summed E-state index contributed by atoms with van der Waals surface area (Å²) in [5.74, 6) is -5.97. The van der Waals surface area contributed by atoms with E-state index in [0.717, 1.165) is 38.8 Å². The summed E-state index contributed by atoms with van der Waals surface area (Å²) in [7, 11) is 3.06. The van der Waals surface area contributed by atoms with E-state index in [1.807, 2.05) is 0 Å². The van der Waals surface area contributed by atoms with Crippen molar-refractivity contribution in [3.63, 3.8) is 0 Å². The molecule has 0 saturated carbocycles. The predicted octanol–water partition coefficient (Wildman–Crippen LogP) is 4.57. The van der Waals surface area contributed by atoms with Gasteiger partial charge >= 0.3 is 35.8 Å². The topological polar surface area (TPSA) is 358 Å². The Morgan fingerprint density at radius 1 is 0.487 bits per heavy atom. The van der Waals surface area contributed by atoms with Crippen molar-refractivity contribution in [2.75, 3.05) is 14.2 Å². The van der Waals surface area contributed by atoms with Gasteiger partial charge in [0, 0.05) is 98.2 Å². The molecule has 0 radical (unpaired) electrons. The van der Waals surface area contributed by atoms with Gasteiger partial charge in [0.1, 0.15) is 22.8 Å². The second-order valence-electron chi connectivity index (χ2n) is 18.1. The van der Waals surface area contributed by atoms with E-state index in [-0.39, 0.29) is 23.9 Å². The molecule has 4 aliphatic rings. The molecule has 24 nitrogen and oxygen atoms in total. The third-order valence-electron chi connectivity index (χ3n) is 12.6. The summed E-state index contributed by atoms with van der Waals surface area (Å²) in [6.07, 6.45) is 15.2. The molecule has 8 rings (SSSR count). The maximum atomic E-state index is 12.7. The van der Waals surface area contributed by atoms with Crippen molar-refractivity contribution in [3.05, 3.63) is 143 Å². The van der Waals surface area contributed by atoms with Crippen LogP contribution in [0.4, 0.5) is 0 Å². The highest BCUT2D eigenvalue weighted by molar-refractivity contribution is 5.97. The zero-order valence-electron chi connectivity index (χ0n) is 43.4. The number of methoxy groups -OCH3 is 2. The van der Waals surface area contributed by atoms with Gasteiger partial charge in [-0.05, 0) is 76.3 Å². The Bertz CT molecular complexity index is 2500. The van der Waals surface area contributed by atoms with E-state index in [1.54, 1.807) is 26.2 Å². The van der Waals surface area contributed by atoms with E-state index in [4.69, 9.17) is 40.1 Å². The summed E-state index contributed by atoms with van der Waals surface area (Å²) in [6, 6.07) is 23.8. The van der Waals surface area contributed by atoms with Crippen LogP contribution in [0.1, 0.15) is 94.9 Å². The molecule has 2 amide bonds. The minimum atomic E-state index is -1.26. The number of aliphatic carboxylic acids is 6. The number of aryl methyl sites for hydroxylation is 2. The number of rotatable bonds is 16. The molecule has 2 aromatic heterocycles. The van der Waals surface area contributed by atoms with E-state index < -0.39 is 35.8 Å². The fraction of sp³-hybridized carbons (Fsp3) is 0.370. The van der Waals surface area contributed by atoms with Crippen LogP contribution >= 0.6 is 0 Å². The van der Waals surface area contributed by atoms with Gasteiger partial charge in [0.05, 0.1) is 14.2 Å². The van der Waals surface area contributed by atoms with E-state index in [2.05, 4.69) is 101 Å². The Balaban J connectivity index is 0.000000239. The van der Waals surface area contributed by atoms with Crippen molar-refractivity contribution >= 4 is 47.6 Å². The van der Waals surface area contributed by atoms with Crippen LogP contribution in [0.5, 0.6) is 11.8 Å². The molecule has 416 valence electrons. The number of hydrogen-bond donors (Lipinski definition) is 8. The number of carbonyl (C=O) groups is 8. The first-order valence-corrected chi connectivity index (χ1v) is 24.5.